The maximum absolute atomic E-state index is 12.2. The summed E-state index contributed by atoms with van der Waals surface area (Å²) in [6, 6.07) is 17.5. The Labute approximate surface area is 177 Å². The Balaban J connectivity index is 1.43. The number of nitrogens with zero attached hydrogens (tertiary/aromatic N) is 1. The fourth-order valence-electron chi connectivity index (χ4n) is 2.92. The van der Waals surface area contributed by atoms with Crippen molar-refractivity contribution in [3.05, 3.63) is 77.5 Å². The average Bonchev–Trinajstić information content (AvgIpc) is 2.76. The van der Waals surface area contributed by atoms with Gasteiger partial charge in [0.2, 0.25) is 0 Å². The fraction of sp³-hybridized carbons (Fsp3) is 0.250. The molecule has 0 spiro atoms. The molecule has 1 amide bonds. The number of nitrogens with one attached hydrogen (secondary N) is 2. The number of amides is 1. The molecular formula is C24H27N3O3. The topological polar surface area (TPSA) is 72.5 Å². The molecule has 0 fully saturated rings. The van der Waals surface area contributed by atoms with Crippen LogP contribution in [0.3, 0.4) is 0 Å². The average molecular weight is 405 g/mol. The third-order valence-corrected chi connectivity index (χ3v) is 4.84. The summed E-state index contributed by atoms with van der Waals surface area (Å²) < 4.78 is 10.8. The fourth-order valence-corrected chi connectivity index (χ4v) is 2.92. The van der Waals surface area contributed by atoms with E-state index in [9.17, 15) is 4.79 Å². The summed E-state index contributed by atoms with van der Waals surface area (Å²) in [7, 11) is 1.66. The summed E-state index contributed by atoms with van der Waals surface area (Å²) in [6.07, 6.45) is 2.51. The van der Waals surface area contributed by atoms with Crippen LogP contribution in [-0.4, -0.2) is 31.2 Å². The third kappa shape index (κ3) is 5.98. The zero-order valence-electron chi connectivity index (χ0n) is 17.6. The lowest BCUT2D eigenvalue weighted by atomic mass is 10.1. The van der Waals surface area contributed by atoms with Crippen LogP contribution >= 0.6 is 0 Å². The Morgan fingerprint density at radius 3 is 2.53 bits per heavy atom. The first-order valence-electron chi connectivity index (χ1n) is 9.87. The molecule has 6 heteroatoms. The van der Waals surface area contributed by atoms with E-state index in [2.05, 4.69) is 15.6 Å². The number of carbonyl (C=O) groups excluding carboxylic acids is 1. The molecule has 0 aliphatic carbocycles. The van der Waals surface area contributed by atoms with Gasteiger partial charge in [0.25, 0.3) is 5.91 Å². The number of methoxy groups -OCH3 is 1. The molecule has 0 aliphatic rings. The molecule has 0 bridgehead atoms. The number of hydrogen-bond donors (Lipinski definition) is 2. The largest absolute Gasteiger partial charge is 0.497 e. The van der Waals surface area contributed by atoms with E-state index in [1.54, 1.807) is 13.3 Å². The minimum Gasteiger partial charge on any atom is -0.497 e. The molecule has 0 saturated carbocycles. The summed E-state index contributed by atoms with van der Waals surface area (Å²) in [5, 5.41) is 6.08. The summed E-state index contributed by atoms with van der Waals surface area (Å²) in [4.78, 5) is 16.5. The molecule has 0 saturated heterocycles. The number of anilines is 2. The van der Waals surface area contributed by atoms with Crippen molar-refractivity contribution in [2.75, 3.05) is 30.9 Å². The normalized spacial score (nSPS) is 10.4. The Bertz CT molecular complexity index is 970. The highest BCUT2D eigenvalue weighted by Crippen LogP contribution is 2.20. The van der Waals surface area contributed by atoms with E-state index in [-0.39, 0.29) is 12.5 Å². The van der Waals surface area contributed by atoms with Gasteiger partial charge < -0.3 is 20.1 Å². The van der Waals surface area contributed by atoms with E-state index in [4.69, 9.17) is 9.47 Å². The first-order chi connectivity index (χ1) is 14.5. The zero-order valence-corrected chi connectivity index (χ0v) is 17.6. The predicted octanol–water partition coefficient (Wildman–Crippen LogP) is 4.38. The predicted molar refractivity (Wildman–Crippen MR) is 119 cm³/mol. The van der Waals surface area contributed by atoms with E-state index in [1.807, 2.05) is 68.4 Å². The lowest BCUT2D eigenvalue weighted by Gasteiger charge is -2.11. The van der Waals surface area contributed by atoms with Crippen LogP contribution in [0.1, 0.15) is 16.7 Å². The van der Waals surface area contributed by atoms with Gasteiger partial charge in [0, 0.05) is 6.54 Å². The maximum Gasteiger partial charge on any atom is 0.262 e. The molecule has 156 valence electrons. The molecule has 1 heterocycles. The van der Waals surface area contributed by atoms with Gasteiger partial charge in [-0.2, -0.15) is 0 Å². The van der Waals surface area contributed by atoms with Crippen molar-refractivity contribution in [2.45, 2.75) is 20.3 Å². The van der Waals surface area contributed by atoms with Gasteiger partial charge in [0.05, 0.1) is 19.0 Å². The number of ether oxygens (including phenoxy) is 2. The van der Waals surface area contributed by atoms with Crippen molar-refractivity contribution in [3.63, 3.8) is 0 Å². The van der Waals surface area contributed by atoms with Gasteiger partial charge in [-0.3, -0.25) is 4.79 Å². The summed E-state index contributed by atoms with van der Waals surface area (Å²) in [5.41, 5.74) is 4.02. The smallest absolute Gasteiger partial charge is 0.262 e. The minimum absolute atomic E-state index is 0.0494. The van der Waals surface area contributed by atoms with Crippen molar-refractivity contribution in [1.82, 2.24) is 4.98 Å². The first kappa shape index (κ1) is 21.2. The van der Waals surface area contributed by atoms with Gasteiger partial charge in [-0.05, 0) is 67.3 Å². The number of hydrogen-bond acceptors (Lipinski definition) is 5. The lowest BCUT2D eigenvalue weighted by Crippen LogP contribution is -2.20. The van der Waals surface area contributed by atoms with Crippen LogP contribution in [0.25, 0.3) is 0 Å². The van der Waals surface area contributed by atoms with Crippen LogP contribution in [0.15, 0.2) is 60.8 Å². The Kier molecular flexibility index (Phi) is 7.27. The number of aromatic nitrogens is 1. The highest BCUT2D eigenvalue weighted by molar-refractivity contribution is 5.91. The van der Waals surface area contributed by atoms with Gasteiger partial charge in [-0.15, -0.1) is 0 Å². The van der Waals surface area contributed by atoms with E-state index < -0.39 is 0 Å². The first-order valence-corrected chi connectivity index (χ1v) is 9.87. The van der Waals surface area contributed by atoms with Crippen molar-refractivity contribution >= 4 is 17.4 Å². The molecule has 2 N–H and O–H groups in total. The van der Waals surface area contributed by atoms with Gasteiger partial charge in [-0.25, -0.2) is 4.98 Å². The molecule has 30 heavy (non-hydrogen) atoms. The molecule has 1 aromatic heterocycles. The second-order valence-corrected chi connectivity index (χ2v) is 6.99. The Morgan fingerprint density at radius 2 is 1.83 bits per heavy atom. The third-order valence-electron chi connectivity index (χ3n) is 4.84. The van der Waals surface area contributed by atoms with E-state index in [0.29, 0.717) is 5.69 Å². The van der Waals surface area contributed by atoms with Crippen LogP contribution in [0.2, 0.25) is 0 Å². The molecule has 0 unspecified atom stereocenters. The quantitative estimate of drug-likeness (QED) is 0.553. The Morgan fingerprint density at radius 1 is 1.03 bits per heavy atom. The van der Waals surface area contributed by atoms with Gasteiger partial charge in [0.15, 0.2) is 6.61 Å². The molecule has 0 atom stereocenters. The Hall–Kier alpha value is -3.54. The zero-order chi connectivity index (χ0) is 21.3. The van der Waals surface area contributed by atoms with E-state index >= 15 is 0 Å². The number of benzene rings is 2. The van der Waals surface area contributed by atoms with Crippen LogP contribution < -0.4 is 20.1 Å². The number of rotatable bonds is 9. The van der Waals surface area contributed by atoms with Gasteiger partial charge in [-0.1, -0.05) is 24.3 Å². The monoisotopic (exact) mass is 405 g/mol. The maximum atomic E-state index is 12.2. The minimum atomic E-state index is -0.224. The molecule has 3 rings (SSSR count). The van der Waals surface area contributed by atoms with Gasteiger partial charge >= 0.3 is 0 Å². The van der Waals surface area contributed by atoms with Crippen LogP contribution in [0, 0.1) is 13.8 Å². The SMILES string of the molecule is COc1ccc(CCNc2ccc(NC(=O)COc3cccc(C)c3C)cn2)cc1. The van der Waals surface area contributed by atoms with Crippen LogP contribution in [-0.2, 0) is 11.2 Å². The van der Waals surface area contributed by atoms with Gasteiger partial charge in [0.1, 0.15) is 17.3 Å². The summed E-state index contributed by atoms with van der Waals surface area (Å²) in [5.74, 6) is 2.11. The molecular weight excluding hydrogens is 378 g/mol. The van der Waals surface area contributed by atoms with E-state index in [0.717, 1.165) is 41.4 Å². The molecule has 6 nitrogen and oxygen atoms in total. The van der Waals surface area contributed by atoms with Crippen molar-refractivity contribution in [2.24, 2.45) is 0 Å². The van der Waals surface area contributed by atoms with Crippen molar-refractivity contribution in [3.8, 4) is 11.5 Å². The standard InChI is InChI=1S/C24H27N3O3/c1-17-5-4-6-22(18(17)2)30-16-24(28)27-20-9-12-23(26-15-20)25-14-13-19-7-10-21(29-3)11-8-19/h4-12,15H,13-14,16H2,1-3H3,(H,25,26)(H,27,28). The molecule has 0 aliphatic heterocycles. The summed E-state index contributed by atoms with van der Waals surface area (Å²) in [6.45, 7) is 4.70. The van der Waals surface area contributed by atoms with E-state index in [1.165, 1.54) is 5.56 Å². The molecule has 3 aromatic rings. The van der Waals surface area contributed by atoms with Crippen molar-refractivity contribution < 1.29 is 14.3 Å². The van der Waals surface area contributed by atoms with Crippen molar-refractivity contribution in [1.29, 1.82) is 0 Å². The van der Waals surface area contributed by atoms with Crippen LogP contribution in [0.5, 0.6) is 11.5 Å². The molecule has 0 radical (unpaired) electrons. The number of pyridine rings is 1. The van der Waals surface area contributed by atoms with Crippen LogP contribution in [0.4, 0.5) is 11.5 Å². The lowest BCUT2D eigenvalue weighted by molar-refractivity contribution is -0.118. The highest BCUT2D eigenvalue weighted by atomic mass is 16.5. The second kappa shape index (κ2) is 10.3. The molecule has 2 aromatic carbocycles. The number of carbonyl (C=O) groups is 1. The highest BCUT2D eigenvalue weighted by Gasteiger charge is 2.07. The number of aryl methyl sites for hydroxylation is 1. The second-order valence-electron chi connectivity index (χ2n) is 6.99. The summed E-state index contributed by atoms with van der Waals surface area (Å²) >= 11 is 0.